The summed E-state index contributed by atoms with van der Waals surface area (Å²) in [6.07, 6.45) is 2.28. The summed E-state index contributed by atoms with van der Waals surface area (Å²) in [5.74, 6) is 0.514. The van der Waals surface area contributed by atoms with E-state index < -0.39 is 10.0 Å². The Balaban J connectivity index is 1.76. The third-order valence-corrected chi connectivity index (χ3v) is 6.40. The van der Waals surface area contributed by atoms with Crippen LogP contribution in [0.5, 0.6) is 0 Å². The molecule has 22 heavy (non-hydrogen) atoms. The van der Waals surface area contributed by atoms with Crippen molar-refractivity contribution < 1.29 is 17.6 Å². The lowest BCUT2D eigenvalue weighted by Crippen LogP contribution is -2.28. The Kier molecular flexibility index (Phi) is 3.98. The van der Waals surface area contributed by atoms with E-state index in [9.17, 15) is 13.2 Å². The number of hydrogen-bond donors (Lipinski definition) is 1. The van der Waals surface area contributed by atoms with Gasteiger partial charge in [0.2, 0.25) is 15.4 Å². The summed E-state index contributed by atoms with van der Waals surface area (Å²) in [6.45, 7) is 2.08. The molecule has 1 aliphatic heterocycles. The average molecular weight is 342 g/mol. The molecule has 3 rings (SSSR count). The zero-order chi connectivity index (χ0) is 15.7. The van der Waals surface area contributed by atoms with E-state index >= 15 is 0 Å². The van der Waals surface area contributed by atoms with Gasteiger partial charge in [-0.2, -0.15) is 4.31 Å². The van der Waals surface area contributed by atoms with E-state index in [4.69, 9.17) is 4.42 Å². The van der Waals surface area contributed by atoms with E-state index in [2.05, 4.69) is 15.5 Å². The fourth-order valence-electron chi connectivity index (χ4n) is 2.33. The fraction of sp³-hybridized carbons (Fsp3) is 0.417. The first-order valence-electron chi connectivity index (χ1n) is 6.61. The number of furan rings is 1. The minimum absolute atomic E-state index is 0.0486. The minimum Gasteiger partial charge on any atom is -0.469 e. The molecule has 2 aromatic rings. The van der Waals surface area contributed by atoms with Crippen molar-refractivity contribution in [1.29, 1.82) is 0 Å². The van der Waals surface area contributed by atoms with Gasteiger partial charge in [-0.15, -0.1) is 10.2 Å². The third-order valence-electron chi connectivity index (χ3n) is 3.35. The molecule has 1 aliphatic rings. The summed E-state index contributed by atoms with van der Waals surface area (Å²) in [4.78, 5) is 11.0. The molecule has 1 N–H and O–H groups in total. The highest BCUT2D eigenvalue weighted by Crippen LogP contribution is 2.32. The largest absolute Gasteiger partial charge is 0.469 e. The van der Waals surface area contributed by atoms with Gasteiger partial charge in [0.1, 0.15) is 5.76 Å². The van der Waals surface area contributed by atoms with Gasteiger partial charge in [0.05, 0.1) is 6.26 Å². The van der Waals surface area contributed by atoms with Crippen LogP contribution in [0.3, 0.4) is 0 Å². The second-order valence-corrected chi connectivity index (χ2v) is 8.01. The zero-order valence-electron chi connectivity index (χ0n) is 11.7. The highest BCUT2D eigenvalue weighted by molar-refractivity contribution is 7.91. The predicted octanol–water partition coefficient (Wildman–Crippen LogP) is 1.27. The van der Waals surface area contributed by atoms with Crippen LogP contribution < -0.4 is 5.32 Å². The highest BCUT2D eigenvalue weighted by atomic mass is 32.2. The van der Waals surface area contributed by atoms with Crippen molar-refractivity contribution in [3.8, 4) is 0 Å². The van der Waals surface area contributed by atoms with Gasteiger partial charge >= 0.3 is 0 Å². The molecule has 1 saturated heterocycles. The first-order valence-corrected chi connectivity index (χ1v) is 8.87. The number of sulfonamides is 1. The molecule has 3 heterocycles. The van der Waals surface area contributed by atoms with Gasteiger partial charge in [-0.05, 0) is 18.6 Å². The van der Waals surface area contributed by atoms with E-state index in [0.717, 1.165) is 17.1 Å². The number of hydrogen-bond acceptors (Lipinski definition) is 7. The average Bonchev–Trinajstić information content (AvgIpc) is 3.19. The molecule has 1 amide bonds. The molecule has 1 unspecified atom stereocenters. The molecule has 8 nitrogen and oxygen atoms in total. The van der Waals surface area contributed by atoms with Crippen molar-refractivity contribution in [2.75, 3.05) is 18.4 Å². The standard InChI is InChI=1S/C12H14N4O4S2/c1-8(17)13-11-14-15-12(21-11)22(18,19)16-5-4-9(7-16)10-3-2-6-20-10/h2-3,6,9H,4-5,7H2,1H3,(H,13,14,17). The molecule has 1 fully saturated rings. The SMILES string of the molecule is CC(=O)Nc1nnc(S(=O)(=O)N2CCC(c3ccco3)C2)s1. The Morgan fingerprint density at radius 3 is 3.00 bits per heavy atom. The number of nitrogens with one attached hydrogen (secondary N) is 1. The number of nitrogens with zero attached hydrogens (tertiary/aromatic N) is 3. The lowest BCUT2D eigenvalue weighted by Gasteiger charge is -2.13. The molecule has 0 aliphatic carbocycles. The minimum atomic E-state index is -3.69. The molecular formula is C12H14N4O4S2. The Bertz CT molecular complexity index is 769. The van der Waals surface area contributed by atoms with E-state index in [1.54, 1.807) is 12.3 Å². The summed E-state index contributed by atoms with van der Waals surface area (Å²) in [5.41, 5.74) is 0. The normalized spacial score (nSPS) is 19.4. The van der Waals surface area contributed by atoms with Crippen molar-refractivity contribution in [3.63, 3.8) is 0 Å². The number of anilines is 1. The van der Waals surface area contributed by atoms with Crippen LogP contribution in [0.25, 0.3) is 0 Å². The molecule has 2 aromatic heterocycles. The maximum Gasteiger partial charge on any atom is 0.272 e. The van der Waals surface area contributed by atoms with Crippen LogP contribution in [0.2, 0.25) is 0 Å². The van der Waals surface area contributed by atoms with Crippen LogP contribution in [0.4, 0.5) is 5.13 Å². The van der Waals surface area contributed by atoms with E-state index in [1.807, 2.05) is 6.07 Å². The van der Waals surface area contributed by atoms with E-state index in [0.29, 0.717) is 19.5 Å². The summed E-state index contributed by atoms with van der Waals surface area (Å²) >= 11 is 0.846. The van der Waals surface area contributed by atoms with Crippen LogP contribution in [0.1, 0.15) is 25.0 Å². The number of carbonyl (C=O) groups excluding carboxylic acids is 1. The molecule has 0 bridgehead atoms. The van der Waals surface area contributed by atoms with E-state index in [-0.39, 0.29) is 21.3 Å². The van der Waals surface area contributed by atoms with Crippen molar-refractivity contribution in [1.82, 2.24) is 14.5 Å². The lowest BCUT2D eigenvalue weighted by molar-refractivity contribution is -0.114. The third kappa shape index (κ3) is 2.89. The number of aromatic nitrogens is 2. The van der Waals surface area contributed by atoms with Crippen LogP contribution in [0.15, 0.2) is 27.2 Å². The van der Waals surface area contributed by atoms with Crippen molar-refractivity contribution >= 4 is 32.4 Å². The number of rotatable bonds is 4. The van der Waals surface area contributed by atoms with Gasteiger partial charge in [0.15, 0.2) is 0 Å². The lowest BCUT2D eigenvalue weighted by atomic mass is 10.1. The van der Waals surface area contributed by atoms with Gasteiger partial charge in [0, 0.05) is 25.9 Å². The van der Waals surface area contributed by atoms with Gasteiger partial charge in [0.25, 0.3) is 10.0 Å². The Morgan fingerprint density at radius 2 is 2.32 bits per heavy atom. The number of amides is 1. The van der Waals surface area contributed by atoms with Crippen molar-refractivity contribution in [2.24, 2.45) is 0 Å². The maximum atomic E-state index is 12.5. The van der Waals surface area contributed by atoms with Gasteiger partial charge in [-0.25, -0.2) is 8.42 Å². The molecule has 0 saturated carbocycles. The summed E-state index contributed by atoms with van der Waals surface area (Å²) in [5, 5.41) is 9.95. The van der Waals surface area contributed by atoms with E-state index in [1.165, 1.54) is 11.2 Å². The smallest absolute Gasteiger partial charge is 0.272 e. The van der Waals surface area contributed by atoms with Gasteiger partial charge in [-0.1, -0.05) is 11.3 Å². The second-order valence-electron chi connectivity index (χ2n) is 4.92. The monoisotopic (exact) mass is 342 g/mol. The van der Waals surface area contributed by atoms with Crippen LogP contribution in [-0.4, -0.2) is 41.9 Å². The molecule has 0 radical (unpaired) electrons. The van der Waals surface area contributed by atoms with Gasteiger partial charge in [-0.3, -0.25) is 4.79 Å². The molecule has 0 aromatic carbocycles. The van der Waals surface area contributed by atoms with Crippen molar-refractivity contribution in [2.45, 2.75) is 23.6 Å². The Hall–Kier alpha value is -1.78. The highest BCUT2D eigenvalue weighted by Gasteiger charge is 2.36. The molecule has 118 valence electrons. The van der Waals surface area contributed by atoms with Gasteiger partial charge < -0.3 is 9.73 Å². The second kappa shape index (κ2) is 5.78. The summed E-state index contributed by atoms with van der Waals surface area (Å²) in [6, 6.07) is 3.64. The summed E-state index contributed by atoms with van der Waals surface area (Å²) in [7, 11) is -3.69. The quantitative estimate of drug-likeness (QED) is 0.839. The molecular weight excluding hydrogens is 328 g/mol. The molecule has 0 spiro atoms. The first kappa shape index (κ1) is 15.1. The van der Waals surface area contributed by atoms with Crippen LogP contribution >= 0.6 is 11.3 Å². The zero-order valence-corrected chi connectivity index (χ0v) is 13.4. The molecule has 1 atom stereocenters. The predicted molar refractivity (Wildman–Crippen MR) is 79.0 cm³/mol. The van der Waals surface area contributed by atoms with Crippen LogP contribution in [0, 0.1) is 0 Å². The molecule has 10 heteroatoms. The maximum absolute atomic E-state index is 12.5. The Morgan fingerprint density at radius 1 is 1.50 bits per heavy atom. The topological polar surface area (TPSA) is 105 Å². The van der Waals surface area contributed by atoms with Crippen LogP contribution in [-0.2, 0) is 14.8 Å². The first-order chi connectivity index (χ1) is 10.5. The van der Waals surface area contributed by atoms with Crippen molar-refractivity contribution in [3.05, 3.63) is 24.2 Å². The number of carbonyl (C=O) groups is 1. The summed E-state index contributed by atoms with van der Waals surface area (Å²) < 4.78 is 31.7. The Labute approximate surface area is 131 Å². The fourth-order valence-corrected chi connectivity index (χ4v) is 4.91.